The maximum Gasteiger partial charge on any atom is 0.261 e. The highest BCUT2D eigenvalue weighted by Crippen LogP contribution is 2.44. The molecule has 0 aromatic heterocycles. The number of nitrogen functional groups attached to an aromatic ring is 1. The van der Waals surface area contributed by atoms with Crippen LogP contribution in [0.3, 0.4) is 0 Å². The normalized spacial score (nSPS) is 14.3. The van der Waals surface area contributed by atoms with Crippen molar-refractivity contribution in [3.8, 4) is 0 Å². The molecule has 0 unspecified atom stereocenters. The number of imide groups is 1. The van der Waals surface area contributed by atoms with Crippen molar-refractivity contribution in [2.75, 3.05) is 12.8 Å². The van der Waals surface area contributed by atoms with Gasteiger partial charge >= 0.3 is 0 Å². The van der Waals surface area contributed by atoms with Crippen LogP contribution in [0.2, 0.25) is 0 Å². The smallest absolute Gasteiger partial charge is 0.261 e. The van der Waals surface area contributed by atoms with Crippen LogP contribution >= 0.6 is 0 Å². The number of fused-ring (bicyclic) bond motifs is 2. The molecule has 2 amide bonds. The molecule has 0 bridgehead atoms. The molecule has 1 heterocycles. The van der Waals surface area contributed by atoms with Crippen LogP contribution in [-0.2, 0) is 0 Å². The van der Waals surface area contributed by atoms with Gasteiger partial charge in [0.1, 0.15) is 0 Å². The number of nitrogens with two attached hydrogens (primary N) is 1. The van der Waals surface area contributed by atoms with Gasteiger partial charge in [-0.1, -0.05) is 36.4 Å². The predicted octanol–water partition coefficient (Wildman–Crippen LogP) is 4.55. The standard InChI is InChI=1S/C23H14N2O2/c1-25-22(26)16-7-5-13-11-3-2-4-15-18(24)10-9-12(19(11)15)14-6-8-17(23(25)27)21(16)20(13)14/h2-10H,24H2,1H3. The van der Waals surface area contributed by atoms with Gasteiger partial charge < -0.3 is 5.73 Å². The highest BCUT2D eigenvalue weighted by molar-refractivity contribution is 6.38. The second-order valence-electron chi connectivity index (χ2n) is 7.17. The monoisotopic (exact) mass is 350 g/mol. The second-order valence-corrected chi connectivity index (χ2v) is 7.17. The van der Waals surface area contributed by atoms with Crippen LogP contribution in [-0.4, -0.2) is 23.8 Å². The Kier molecular flexibility index (Phi) is 2.44. The topological polar surface area (TPSA) is 63.4 Å². The zero-order chi connectivity index (χ0) is 18.4. The van der Waals surface area contributed by atoms with Gasteiger partial charge in [-0.05, 0) is 50.5 Å². The van der Waals surface area contributed by atoms with Gasteiger partial charge in [0.15, 0.2) is 0 Å². The molecule has 0 fully saturated rings. The van der Waals surface area contributed by atoms with Crippen LogP contribution in [0.5, 0.6) is 0 Å². The molecule has 4 nitrogen and oxygen atoms in total. The average Bonchev–Trinajstić information content (AvgIpc) is 2.70. The minimum atomic E-state index is -0.252. The quantitative estimate of drug-likeness (QED) is 0.193. The highest BCUT2D eigenvalue weighted by atomic mass is 16.2. The summed E-state index contributed by atoms with van der Waals surface area (Å²) in [6, 6.07) is 17.7. The summed E-state index contributed by atoms with van der Waals surface area (Å²) < 4.78 is 0. The Morgan fingerprint density at radius 1 is 0.630 bits per heavy atom. The molecule has 128 valence electrons. The van der Waals surface area contributed by atoms with Gasteiger partial charge in [0.2, 0.25) is 0 Å². The molecule has 27 heavy (non-hydrogen) atoms. The number of carbonyl (C=O) groups excluding carboxylic acids is 2. The van der Waals surface area contributed by atoms with Crippen molar-refractivity contribution in [2.45, 2.75) is 0 Å². The Bertz CT molecular complexity index is 1410. The lowest BCUT2D eigenvalue weighted by Crippen LogP contribution is -2.36. The molecular weight excluding hydrogens is 336 g/mol. The van der Waals surface area contributed by atoms with Crippen LogP contribution in [0.15, 0.2) is 54.6 Å². The first-order valence-corrected chi connectivity index (χ1v) is 8.82. The van der Waals surface area contributed by atoms with Crippen molar-refractivity contribution in [3.05, 3.63) is 65.7 Å². The zero-order valence-electron chi connectivity index (χ0n) is 14.5. The maximum atomic E-state index is 12.7. The Balaban J connectivity index is 1.99. The number of hydrogen-bond donors (Lipinski definition) is 1. The summed E-state index contributed by atoms with van der Waals surface area (Å²) >= 11 is 0. The van der Waals surface area contributed by atoms with E-state index >= 15 is 0 Å². The van der Waals surface area contributed by atoms with Crippen molar-refractivity contribution in [2.24, 2.45) is 0 Å². The Morgan fingerprint density at radius 2 is 1.15 bits per heavy atom. The fourth-order valence-corrected chi connectivity index (χ4v) is 4.63. The summed E-state index contributed by atoms with van der Waals surface area (Å²) in [6.45, 7) is 0. The summed E-state index contributed by atoms with van der Waals surface area (Å²) in [5.41, 5.74) is 8.14. The number of rotatable bonds is 0. The molecule has 0 saturated carbocycles. The Hall–Kier alpha value is -3.66. The van der Waals surface area contributed by atoms with E-state index in [0.29, 0.717) is 11.1 Å². The molecule has 0 saturated heterocycles. The number of anilines is 1. The minimum absolute atomic E-state index is 0.252. The van der Waals surface area contributed by atoms with E-state index in [0.717, 1.165) is 48.8 Å². The van der Waals surface area contributed by atoms with E-state index in [1.165, 1.54) is 11.9 Å². The first kappa shape index (κ1) is 14.5. The first-order valence-electron chi connectivity index (χ1n) is 8.82. The molecule has 4 heteroatoms. The molecule has 0 spiro atoms. The van der Waals surface area contributed by atoms with Crippen molar-refractivity contribution < 1.29 is 9.59 Å². The van der Waals surface area contributed by atoms with Gasteiger partial charge in [0.25, 0.3) is 11.8 Å². The van der Waals surface area contributed by atoms with Crippen LogP contribution in [0.4, 0.5) is 5.69 Å². The van der Waals surface area contributed by atoms with E-state index in [1.54, 1.807) is 0 Å². The fourth-order valence-electron chi connectivity index (χ4n) is 4.63. The lowest BCUT2D eigenvalue weighted by atomic mass is 9.85. The van der Waals surface area contributed by atoms with E-state index in [2.05, 4.69) is 6.07 Å². The van der Waals surface area contributed by atoms with Gasteiger partial charge in [-0.25, -0.2) is 0 Å². The van der Waals surface area contributed by atoms with Crippen LogP contribution < -0.4 is 5.73 Å². The molecule has 1 aliphatic rings. The molecule has 5 aromatic rings. The van der Waals surface area contributed by atoms with Crippen LogP contribution in [0.25, 0.3) is 43.1 Å². The lowest BCUT2D eigenvalue weighted by Gasteiger charge is -2.25. The number of nitrogens with zero attached hydrogens (tertiary/aromatic N) is 1. The van der Waals surface area contributed by atoms with Gasteiger partial charge in [0, 0.05) is 34.6 Å². The molecule has 0 aliphatic carbocycles. The van der Waals surface area contributed by atoms with Gasteiger partial charge in [-0.2, -0.15) is 0 Å². The molecule has 1 aliphatic heterocycles. The molecule has 6 rings (SSSR count). The largest absolute Gasteiger partial charge is 0.398 e. The van der Waals surface area contributed by atoms with Crippen molar-refractivity contribution in [1.82, 2.24) is 4.90 Å². The highest BCUT2D eigenvalue weighted by Gasteiger charge is 2.31. The van der Waals surface area contributed by atoms with Crippen LogP contribution in [0, 0.1) is 0 Å². The molecule has 0 radical (unpaired) electrons. The average molecular weight is 350 g/mol. The number of hydrogen-bond acceptors (Lipinski definition) is 3. The third-order valence-corrected chi connectivity index (χ3v) is 5.89. The van der Waals surface area contributed by atoms with E-state index in [1.807, 2.05) is 48.5 Å². The number of amides is 2. The fraction of sp³-hybridized carbons (Fsp3) is 0.0435. The molecule has 5 aromatic carbocycles. The van der Waals surface area contributed by atoms with E-state index in [4.69, 9.17) is 5.73 Å². The van der Waals surface area contributed by atoms with Crippen molar-refractivity contribution >= 4 is 60.6 Å². The Labute approximate surface area is 154 Å². The van der Waals surface area contributed by atoms with Crippen molar-refractivity contribution in [1.29, 1.82) is 0 Å². The first-order chi connectivity index (χ1) is 13.1. The second kappa shape index (κ2) is 4.54. The summed E-state index contributed by atoms with van der Waals surface area (Å²) in [5, 5.41) is 8.14. The van der Waals surface area contributed by atoms with Crippen molar-refractivity contribution in [3.63, 3.8) is 0 Å². The maximum absolute atomic E-state index is 12.7. The lowest BCUT2D eigenvalue weighted by molar-refractivity contribution is 0.0651. The van der Waals surface area contributed by atoms with Crippen LogP contribution in [0.1, 0.15) is 20.7 Å². The minimum Gasteiger partial charge on any atom is -0.398 e. The van der Waals surface area contributed by atoms with Gasteiger partial charge in [0.05, 0.1) is 0 Å². The SMILES string of the molecule is CN1C(=O)c2ccc3c4cccc5c(N)ccc(c6ccc(c2c36)C1=O)c54. The summed E-state index contributed by atoms with van der Waals surface area (Å²) in [6.07, 6.45) is 0. The predicted molar refractivity (Wildman–Crippen MR) is 108 cm³/mol. The number of benzene rings is 5. The van der Waals surface area contributed by atoms with Gasteiger partial charge in [-0.3, -0.25) is 14.5 Å². The van der Waals surface area contributed by atoms with E-state index < -0.39 is 0 Å². The third kappa shape index (κ3) is 1.55. The van der Waals surface area contributed by atoms with Gasteiger partial charge in [-0.15, -0.1) is 0 Å². The van der Waals surface area contributed by atoms with E-state index in [-0.39, 0.29) is 11.8 Å². The molecular formula is C23H14N2O2. The summed E-state index contributed by atoms with van der Waals surface area (Å²) in [5.74, 6) is -0.505. The molecule has 0 atom stereocenters. The zero-order valence-corrected chi connectivity index (χ0v) is 14.5. The Morgan fingerprint density at radius 3 is 1.81 bits per heavy atom. The summed E-state index contributed by atoms with van der Waals surface area (Å²) in [4.78, 5) is 26.6. The number of carbonyl (C=O) groups is 2. The summed E-state index contributed by atoms with van der Waals surface area (Å²) in [7, 11) is 1.53. The van der Waals surface area contributed by atoms with E-state index in [9.17, 15) is 9.59 Å². The third-order valence-electron chi connectivity index (χ3n) is 5.89. The molecule has 2 N–H and O–H groups in total.